The fraction of sp³-hybridized carbons (Fsp3) is 0.818. The highest BCUT2D eigenvalue weighted by atomic mass is 16.5. The van der Waals surface area contributed by atoms with Gasteiger partial charge in [-0.25, -0.2) is 0 Å². The number of nitrogens with zero attached hydrogens (tertiary/aromatic N) is 3. The van der Waals surface area contributed by atoms with E-state index >= 15 is 0 Å². The molecule has 0 aliphatic carbocycles. The summed E-state index contributed by atoms with van der Waals surface area (Å²) in [5, 5.41) is 12.9. The van der Waals surface area contributed by atoms with Crippen LogP contribution in [0.4, 0.5) is 0 Å². The lowest BCUT2D eigenvalue weighted by Crippen LogP contribution is -2.38. The van der Waals surface area contributed by atoms with E-state index in [-0.39, 0.29) is 12.6 Å². The lowest BCUT2D eigenvalue weighted by atomic mass is 10.00. The average Bonchev–Trinajstić information content (AvgIpc) is 2.77. The summed E-state index contributed by atoms with van der Waals surface area (Å²) < 4.78 is 4.96. The van der Waals surface area contributed by atoms with Crippen molar-refractivity contribution < 1.29 is 9.63 Å². The zero-order chi connectivity index (χ0) is 11.5. The van der Waals surface area contributed by atoms with Crippen LogP contribution >= 0.6 is 0 Å². The summed E-state index contributed by atoms with van der Waals surface area (Å²) in [5.41, 5.74) is 0. The fourth-order valence-electron chi connectivity index (χ4n) is 2.32. The van der Waals surface area contributed by atoms with Gasteiger partial charge in [0.2, 0.25) is 0 Å². The Hall–Kier alpha value is -0.940. The Morgan fingerprint density at radius 2 is 2.31 bits per heavy atom. The van der Waals surface area contributed by atoms with Gasteiger partial charge in [-0.2, -0.15) is 4.98 Å². The van der Waals surface area contributed by atoms with Gasteiger partial charge in [-0.05, 0) is 33.2 Å². The van der Waals surface area contributed by atoms with Crippen molar-refractivity contribution >= 4 is 0 Å². The van der Waals surface area contributed by atoms with E-state index in [1.54, 1.807) is 0 Å². The second kappa shape index (κ2) is 4.93. The van der Waals surface area contributed by atoms with Gasteiger partial charge in [0, 0.05) is 6.04 Å². The number of hydrogen-bond acceptors (Lipinski definition) is 5. The summed E-state index contributed by atoms with van der Waals surface area (Å²) >= 11 is 0. The Balaban J connectivity index is 2.16. The second-order valence-corrected chi connectivity index (χ2v) is 4.55. The molecule has 0 amide bonds. The molecule has 0 radical (unpaired) electrons. The molecule has 1 aromatic rings. The van der Waals surface area contributed by atoms with Gasteiger partial charge < -0.3 is 9.63 Å². The van der Waals surface area contributed by atoms with Crippen LogP contribution in [0, 0.1) is 0 Å². The van der Waals surface area contributed by atoms with Gasteiger partial charge in [-0.3, -0.25) is 4.90 Å². The largest absolute Gasteiger partial charge is 0.387 e. The van der Waals surface area contributed by atoms with Gasteiger partial charge in [0.1, 0.15) is 6.61 Å². The SMILES string of the molecule is CC(C)N1CCCCC1c1noc(CO)n1. The number of rotatable bonds is 3. The molecule has 1 N–H and O–H groups in total. The molecule has 0 saturated carbocycles. The van der Waals surface area contributed by atoms with Crippen LogP contribution in [0.1, 0.15) is 50.9 Å². The predicted molar refractivity (Wildman–Crippen MR) is 58.7 cm³/mol. The standard InChI is InChI=1S/C11H19N3O2/c1-8(2)14-6-4-3-5-9(14)11-12-10(7-15)16-13-11/h8-9,15H,3-7H2,1-2H3. The third kappa shape index (κ3) is 2.25. The van der Waals surface area contributed by atoms with Crippen LogP contribution < -0.4 is 0 Å². The summed E-state index contributed by atoms with van der Waals surface area (Å²) in [6.07, 6.45) is 3.51. The normalized spacial score (nSPS) is 22.9. The number of hydrogen-bond donors (Lipinski definition) is 1. The van der Waals surface area contributed by atoms with E-state index in [0.29, 0.717) is 11.9 Å². The maximum Gasteiger partial charge on any atom is 0.252 e. The number of aliphatic hydroxyl groups excluding tert-OH is 1. The maximum absolute atomic E-state index is 8.91. The highest BCUT2D eigenvalue weighted by Gasteiger charge is 2.29. The first kappa shape index (κ1) is 11.5. The maximum atomic E-state index is 8.91. The topological polar surface area (TPSA) is 62.4 Å². The van der Waals surface area contributed by atoms with Gasteiger partial charge in [-0.15, -0.1) is 0 Å². The van der Waals surface area contributed by atoms with Gasteiger partial charge >= 0.3 is 0 Å². The molecule has 1 unspecified atom stereocenters. The van der Waals surface area contributed by atoms with E-state index < -0.39 is 0 Å². The summed E-state index contributed by atoms with van der Waals surface area (Å²) in [5.74, 6) is 1.03. The van der Waals surface area contributed by atoms with Crippen molar-refractivity contribution in [2.75, 3.05) is 6.54 Å². The Bertz CT molecular complexity index is 338. The van der Waals surface area contributed by atoms with Crippen molar-refractivity contribution in [2.24, 2.45) is 0 Å². The Morgan fingerprint density at radius 1 is 1.50 bits per heavy atom. The van der Waals surface area contributed by atoms with Crippen LogP contribution in [0.3, 0.4) is 0 Å². The summed E-state index contributed by atoms with van der Waals surface area (Å²) in [6, 6.07) is 0.735. The molecule has 1 aromatic heterocycles. The number of likely N-dealkylation sites (tertiary alicyclic amines) is 1. The molecule has 1 atom stereocenters. The molecule has 1 aliphatic rings. The first-order chi connectivity index (χ1) is 7.72. The molecule has 2 rings (SSSR count). The minimum atomic E-state index is -0.179. The van der Waals surface area contributed by atoms with E-state index in [0.717, 1.165) is 18.8 Å². The first-order valence-electron chi connectivity index (χ1n) is 5.91. The minimum Gasteiger partial charge on any atom is -0.387 e. The van der Waals surface area contributed by atoms with Crippen LogP contribution in [0.2, 0.25) is 0 Å². The molecule has 1 aliphatic heterocycles. The van der Waals surface area contributed by atoms with E-state index in [9.17, 15) is 0 Å². The molecule has 2 heterocycles. The molecule has 1 fully saturated rings. The lowest BCUT2D eigenvalue weighted by Gasteiger charge is -2.36. The Labute approximate surface area is 95.4 Å². The minimum absolute atomic E-state index is 0.179. The van der Waals surface area contributed by atoms with Crippen LogP contribution in [0.25, 0.3) is 0 Å². The first-order valence-corrected chi connectivity index (χ1v) is 5.91. The van der Waals surface area contributed by atoms with Gasteiger partial charge in [0.05, 0.1) is 6.04 Å². The second-order valence-electron chi connectivity index (χ2n) is 4.55. The zero-order valence-electron chi connectivity index (χ0n) is 9.89. The third-order valence-electron chi connectivity index (χ3n) is 3.12. The van der Waals surface area contributed by atoms with E-state index in [4.69, 9.17) is 9.63 Å². The fourth-order valence-corrected chi connectivity index (χ4v) is 2.32. The van der Waals surface area contributed by atoms with Crippen LogP contribution in [0.5, 0.6) is 0 Å². The van der Waals surface area contributed by atoms with E-state index in [1.807, 2.05) is 0 Å². The molecular formula is C11H19N3O2. The van der Waals surface area contributed by atoms with Crippen LogP contribution in [0.15, 0.2) is 4.52 Å². The van der Waals surface area contributed by atoms with Crippen molar-refractivity contribution in [3.8, 4) is 0 Å². The molecule has 0 spiro atoms. The molecule has 5 heteroatoms. The van der Waals surface area contributed by atoms with Gasteiger partial charge in [0.15, 0.2) is 5.82 Å². The van der Waals surface area contributed by atoms with Crippen molar-refractivity contribution in [3.05, 3.63) is 11.7 Å². The highest BCUT2D eigenvalue weighted by Crippen LogP contribution is 2.30. The quantitative estimate of drug-likeness (QED) is 0.844. The van der Waals surface area contributed by atoms with Crippen LogP contribution in [-0.4, -0.2) is 32.7 Å². The van der Waals surface area contributed by atoms with Crippen molar-refractivity contribution in [1.29, 1.82) is 0 Å². The number of aliphatic hydroxyl groups is 1. The molecule has 5 nitrogen and oxygen atoms in total. The van der Waals surface area contributed by atoms with E-state index in [2.05, 4.69) is 28.9 Å². The monoisotopic (exact) mass is 225 g/mol. The lowest BCUT2D eigenvalue weighted by molar-refractivity contribution is 0.104. The smallest absolute Gasteiger partial charge is 0.252 e. The predicted octanol–water partition coefficient (Wildman–Crippen LogP) is 1.50. The molecular weight excluding hydrogens is 206 g/mol. The van der Waals surface area contributed by atoms with Crippen molar-refractivity contribution in [2.45, 2.75) is 51.8 Å². The van der Waals surface area contributed by atoms with Crippen LogP contribution in [-0.2, 0) is 6.61 Å². The number of aromatic nitrogens is 2. The van der Waals surface area contributed by atoms with Gasteiger partial charge in [0.25, 0.3) is 5.89 Å². The summed E-state index contributed by atoms with van der Waals surface area (Å²) in [6.45, 7) is 5.28. The average molecular weight is 225 g/mol. The van der Waals surface area contributed by atoms with Crippen molar-refractivity contribution in [1.82, 2.24) is 15.0 Å². The third-order valence-corrected chi connectivity index (χ3v) is 3.12. The number of piperidine rings is 1. The van der Waals surface area contributed by atoms with Crippen molar-refractivity contribution in [3.63, 3.8) is 0 Å². The Kier molecular flexibility index (Phi) is 3.56. The molecule has 16 heavy (non-hydrogen) atoms. The zero-order valence-corrected chi connectivity index (χ0v) is 9.89. The molecule has 0 aromatic carbocycles. The summed E-state index contributed by atoms with van der Waals surface area (Å²) in [4.78, 5) is 6.61. The molecule has 0 bridgehead atoms. The van der Waals surface area contributed by atoms with Gasteiger partial charge in [-0.1, -0.05) is 11.6 Å². The highest BCUT2D eigenvalue weighted by molar-refractivity contribution is 4.97. The van der Waals surface area contributed by atoms with E-state index in [1.165, 1.54) is 12.8 Å². The Morgan fingerprint density at radius 3 is 2.94 bits per heavy atom. The summed E-state index contributed by atoms with van der Waals surface area (Å²) in [7, 11) is 0. The molecule has 1 saturated heterocycles. The molecule has 90 valence electrons.